The third-order valence-electron chi connectivity index (χ3n) is 2.96. The Labute approximate surface area is 135 Å². The molecule has 0 unspecified atom stereocenters. The molecule has 0 aliphatic heterocycles. The van der Waals surface area contributed by atoms with Gasteiger partial charge < -0.3 is 20.3 Å². The number of hydrogen-bond donors (Lipinski definition) is 2. The van der Waals surface area contributed by atoms with Gasteiger partial charge in [-0.1, -0.05) is 0 Å². The Bertz CT molecular complexity index is 399. The second-order valence-corrected chi connectivity index (χ2v) is 7.58. The Kier molecular flexibility index (Phi) is 12.2. The van der Waals surface area contributed by atoms with E-state index in [0.29, 0.717) is 13.0 Å². The molecule has 0 aromatic carbocycles. The molecule has 0 bridgehead atoms. The maximum atomic E-state index is 11.1. The number of guanidine groups is 1. The van der Waals surface area contributed by atoms with Gasteiger partial charge in [0.15, 0.2) is 5.96 Å². The fraction of sp³-hybridized carbons (Fsp3) is 0.929. The molecular formula is C14H32N4O3S. The lowest BCUT2D eigenvalue weighted by Gasteiger charge is -2.18. The van der Waals surface area contributed by atoms with Crippen LogP contribution in [0.1, 0.15) is 19.8 Å². The van der Waals surface area contributed by atoms with E-state index in [9.17, 15) is 8.42 Å². The minimum absolute atomic E-state index is 0.179. The molecule has 0 heterocycles. The van der Waals surface area contributed by atoms with Crippen molar-refractivity contribution in [1.29, 1.82) is 0 Å². The van der Waals surface area contributed by atoms with Gasteiger partial charge in [0.05, 0.1) is 5.75 Å². The molecule has 0 saturated carbocycles. The molecule has 0 spiro atoms. The van der Waals surface area contributed by atoms with Crippen LogP contribution in [-0.2, 0) is 14.6 Å². The molecule has 7 nitrogen and oxygen atoms in total. The molecule has 0 saturated heterocycles. The summed E-state index contributed by atoms with van der Waals surface area (Å²) in [5.41, 5.74) is 0. The maximum Gasteiger partial charge on any atom is 0.191 e. The summed E-state index contributed by atoms with van der Waals surface area (Å²) in [6.45, 7) is 6.77. The van der Waals surface area contributed by atoms with Gasteiger partial charge in [-0.25, -0.2) is 8.42 Å². The summed E-state index contributed by atoms with van der Waals surface area (Å²) in [6, 6.07) is 0. The van der Waals surface area contributed by atoms with E-state index in [4.69, 9.17) is 4.74 Å². The van der Waals surface area contributed by atoms with Crippen molar-refractivity contribution in [3.8, 4) is 0 Å². The largest absolute Gasteiger partial charge is 0.385 e. The lowest BCUT2D eigenvalue weighted by molar-refractivity contribution is 0.180. The van der Waals surface area contributed by atoms with Crippen molar-refractivity contribution in [2.24, 2.45) is 4.99 Å². The second kappa shape index (κ2) is 12.7. The van der Waals surface area contributed by atoms with Crippen LogP contribution >= 0.6 is 0 Å². The fourth-order valence-electron chi connectivity index (χ4n) is 1.82. The molecule has 0 aromatic heterocycles. The summed E-state index contributed by atoms with van der Waals surface area (Å²) in [5.74, 6) is 0.916. The molecule has 0 aliphatic carbocycles. The molecule has 0 aliphatic rings. The van der Waals surface area contributed by atoms with Gasteiger partial charge in [-0.2, -0.15) is 0 Å². The summed E-state index contributed by atoms with van der Waals surface area (Å²) in [4.78, 5) is 6.62. The Morgan fingerprint density at radius 3 is 2.55 bits per heavy atom. The molecule has 0 rings (SSSR count). The molecule has 0 radical (unpaired) electrons. The normalized spacial score (nSPS) is 12.7. The molecule has 0 amide bonds. The van der Waals surface area contributed by atoms with Gasteiger partial charge in [0, 0.05) is 52.7 Å². The van der Waals surface area contributed by atoms with Crippen molar-refractivity contribution in [3.63, 3.8) is 0 Å². The third kappa shape index (κ3) is 14.1. The lowest BCUT2D eigenvalue weighted by atomic mass is 10.4. The Balaban J connectivity index is 3.97. The van der Waals surface area contributed by atoms with E-state index in [1.54, 1.807) is 7.11 Å². The van der Waals surface area contributed by atoms with E-state index >= 15 is 0 Å². The van der Waals surface area contributed by atoms with Crippen LogP contribution in [0.25, 0.3) is 0 Å². The van der Waals surface area contributed by atoms with Crippen molar-refractivity contribution in [2.45, 2.75) is 19.8 Å². The summed E-state index contributed by atoms with van der Waals surface area (Å²) in [7, 11) is 0.889. The van der Waals surface area contributed by atoms with Crippen molar-refractivity contribution in [2.75, 3.05) is 65.5 Å². The summed E-state index contributed by atoms with van der Waals surface area (Å²) < 4.78 is 27.2. The fourth-order valence-corrected chi connectivity index (χ4v) is 2.47. The van der Waals surface area contributed by atoms with Gasteiger partial charge in [0.25, 0.3) is 0 Å². The average molecular weight is 337 g/mol. The lowest BCUT2D eigenvalue weighted by Crippen LogP contribution is -2.41. The highest BCUT2D eigenvalue weighted by atomic mass is 32.2. The number of aliphatic imine (C=N–C) groups is 1. The standard InChI is InChI=1S/C14H32N4O3S/c1-5-15-14(16-8-6-13-22(4,19)20)17-9-11-18(2)10-7-12-21-3/h5-13H2,1-4H3,(H2,15,16,17). The predicted molar refractivity (Wildman–Crippen MR) is 92.3 cm³/mol. The first-order valence-corrected chi connectivity index (χ1v) is 9.82. The van der Waals surface area contributed by atoms with E-state index in [0.717, 1.165) is 45.2 Å². The predicted octanol–water partition coefficient (Wildman–Crippen LogP) is -0.0555. The van der Waals surface area contributed by atoms with E-state index in [1.807, 2.05) is 6.92 Å². The zero-order chi connectivity index (χ0) is 16.8. The number of nitrogens with zero attached hydrogens (tertiary/aromatic N) is 2. The third-order valence-corrected chi connectivity index (χ3v) is 3.99. The second-order valence-electron chi connectivity index (χ2n) is 5.32. The number of ether oxygens (including phenoxy) is 1. The Morgan fingerprint density at radius 1 is 1.23 bits per heavy atom. The van der Waals surface area contributed by atoms with Crippen LogP contribution in [-0.4, -0.2) is 84.8 Å². The van der Waals surface area contributed by atoms with Crippen molar-refractivity contribution in [1.82, 2.24) is 15.5 Å². The molecule has 22 heavy (non-hydrogen) atoms. The quantitative estimate of drug-likeness (QED) is 0.295. The van der Waals surface area contributed by atoms with Crippen molar-refractivity contribution >= 4 is 15.8 Å². The Morgan fingerprint density at radius 2 is 1.95 bits per heavy atom. The van der Waals surface area contributed by atoms with Crippen LogP contribution in [0.3, 0.4) is 0 Å². The molecule has 132 valence electrons. The van der Waals surface area contributed by atoms with Crippen LogP contribution in [0, 0.1) is 0 Å². The number of methoxy groups -OCH3 is 1. The molecule has 0 fully saturated rings. The molecule has 8 heteroatoms. The zero-order valence-corrected chi connectivity index (χ0v) is 15.2. The van der Waals surface area contributed by atoms with Crippen LogP contribution < -0.4 is 10.6 Å². The SMILES string of the molecule is CCNC(=NCCCS(C)(=O)=O)NCCN(C)CCCOC. The van der Waals surface area contributed by atoms with Gasteiger partial charge >= 0.3 is 0 Å². The van der Waals surface area contributed by atoms with Crippen LogP contribution in [0.5, 0.6) is 0 Å². The van der Waals surface area contributed by atoms with E-state index in [2.05, 4.69) is 27.6 Å². The summed E-state index contributed by atoms with van der Waals surface area (Å²) in [5, 5.41) is 6.41. The summed E-state index contributed by atoms with van der Waals surface area (Å²) >= 11 is 0. The average Bonchev–Trinajstić information content (AvgIpc) is 2.42. The highest BCUT2D eigenvalue weighted by molar-refractivity contribution is 7.90. The zero-order valence-electron chi connectivity index (χ0n) is 14.4. The van der Waals surface area contributed by atoms with Gasteiger partial charge in [-0.15, -0.1) is 0 Å². The van der Waals surface area contributed by atoms with E-state index in [1.165, 1.54) is 6.26 Å². The van der Waals surface area contributed by atoms with E-state index in [-0.39, 0.29) is 5.75 Å². The number of likely N-dealkylation sites (N-methyl/N-ethyl adjacent to an activating group) is 1. The number of nitrogens with one attached hydrogen (secondary N) is 2. The molecule has 2 N–H and O–H groups in total. The monoisotopic (exact) mass is 336 g/mol. The minimum atomic E-state index is -2.90. The first kappa shape index (κ1) is 21.1. The number of rotatable bonds is 12. The van der Waals surface area contributed by atoms with Gasteiger partial charge in [-0.3, -0.25) is 4.99 Å². The highest BCUT2D eigenvalue weighted by Gasteiger charge is 2.02. The van der Waals surface area contributed by atoms with Crippen molar-refractivity contribution in [3.05, 3.63) is 0 Å². The van der Waals surface area contributed by atoms with Crippen LogP contribution in [0.15, 0.2) is 4.99 Å². The first-order valence-electron chi connectivity index (χ1n) is 7.76. The van der Waals surface area contributed by atoms with Gasteiger partial charge in [0.2, 0.25) is 0 Å². The summed E-state index contributed by atoms with van der Waals surface area (Å²) in [6.07, 6.45) is 2.82. The topological polar surface area (TPSA) is 83.0 Å². The Hall–Kier alpha value is -0.860. The number of hydrogen-bond acceptors (Lipinski definition) is 5. The first-order chi connectivity index (χ1) is 10.4. The number of sulfone groups is 1. The highest BCUT2D eigenvalue weighted by Crippen LogP contribution is 1.90. The van der Waals surface area contributed by atoms with Gasteiger partial charge in [-0.05, 0) is 26.8 Å². The van der Waals surface area contributed by atoms with Gasteiger partial charge in [0.1, 0.15) is 9.84 Å². The van der Waals surface area contributed by atoms with Crippen LogP contribution in [0.4, 0.5) is 0 Å². The van der Waals surface area contributed by atoms with Crippen molar-refractivity contribution < 1.29 is 13.2 Å². The maximum absolute atomic E-state index is 11.1. The minimum Gasteiger partial charge on any atom is -0.385 e. The molecule has 0 atom stereocenters. The molecular weight excluding hydrogens is 304 g/mol. The van der Waals surface area contributed by atoms with E-state index < -0.39 is 9.84 Å². The molecule has 0 aromatic rings. The van der Waals surface area contributed by atoms with Crippen LogP contribution in [0.2, 0.25) is 0 Å². The smallest absolute Gasteiger partial charge is 0.191 e.